The summed E-state index contributed by atoms with van der Waals surface area (Å²) in [5, 5.41) is 0.870. The van der Waals surface area contributed by atoms with E-state index in [0.29, 0.717) is 21.2 Å². The molecule has 0 unspecified atom stereocenters. The molecule has 1 heterocycles. The number of hydrogen-bond donors (Lipinski definition) is 0. The first-order valence-corrected chi connectivity index (χ1v) is 6.01. The van der Waals surface area contributed by atoms with E-state index in [4.69, 9.17) is 39.5 Å². The fourth-order valence-corrected chi connectivity index (χ4v) is 2.06. The molecule has 6 heteroatoms. The second kappa shape index (κ2) is 5.31. The van der Waals surface area contributed by atoms with Crippen molar-refractivity contribution in [2.45, 2.75) is 0 Å². The first-order valence-electron chi connectivity index (χ1n) is 4.87. The van der Waals surface area contributed by atoms with E-state index in [0.717, 1.165) is 0 Å². The van der Waals surface area contributed by atoms with Crippen LogP contribution in [0.1, 0.15) is 0 Å². The van der Waals surface area contributed by atoms with Crippen LogP contribution in [-0.4, -0.2) is 12.1 Å². The molecule has 18 heavy (non-hydrogen) atoms. The summed E-state index contributed by atoms with van der Waals surface area (Å²) in [6.07, 6.45) is 0. The zero-order chi connectivity index (χ0) is 13.3. The number of methoxy groups -OCH3 is 1. The van der Waals surface area contributed by atoms with Crippen molar-refractivity contribution < 1.29 is 9.13 Å². The quantitative estimate of drug-likeness (QED) is 0.584. The number of hydrogen-bond acceptors (Lipinski definition) is 2. The Balaban J connectivity index is 2.58. The molecule has 0 saturated heterocycles. The molecule has 0 bridgehead atoms. The molecule has 0 aliphatic carbocycles. The molecular formula is C12H7Cl3FNO. The molecule has 0 amide bonds. The Labute approximate surface area is 118 Å². The number of ether oxygens (including phenoxy) is 1. The SMILES string of the molecule is COc1cc(-c2cc(Cl)c(Cl)c(Cl)c2)cc(F)n1. The van der Waals surface area contributed by atoms with Crippen LogP contribution in [0.4, 0.5) is 4.39 Å². The lowest BCUT2D eigenvalue weighted by Crippen LogP contribution is -1.92. The van der Waals surface area contributed by atoms with Gasteiger partial charge in [-0.3, -0.25) is 0 Å². The van der Waals surface area contributed by atoms with Gasteiger partial charge in [-0.2, -0.15) is 9.37 Å². The van der Waals surface area contributed by atoms with Crippen LogP contribution in [0.2, 0.25) is 15.1 Å². The van der Waals surface area contributed by atoms with Gasteiger partial charge in [-0.1, -0.05) is 34.8 Å². The smallest absolute Gasteiger partial charge is 0.216 e. The summed E-state index contributed by atoms with van der Waals surface area (Å²) in [4.78, 5) is 3.56. The van der Waals surface area contributed by atoms with Gasteiger partial charge < -0.3 is 4.74 Å². The fraction of sp³-hybridized carbons (Fsp3) is 0.0833. The summed E-state index contributed by atoms with van der Waals surface area (Å²) in [5.41, 5.74) is 1.19. The molecule has 1 aromatic carbocycles. The molecule has 2 nitrogen and oxygen atoms in total. The van der Waals surface area contributed by atoms with Gasteiger partial charge in [-0.25, -0.2) is 0 Å². The molecule has 0 radical (unpaired) electrons. The number of pyridine rings is 1. The maximum Gasteiger partial charge on any atom is 0.216 e. The van der Waals surface area contributed by atoms with Gasteiger partial charge in [0.05, 0.1) is 22.2 Å². The van der Waals surface area contributed by atoms with Crippen molar-refractivity contribution >= 4 is 34.8 Å². The Morgan fingerprint density at radius 2 is 1.56 bits per heavy atom. The van der Waals surface area contributed by atoms with E-state index in [1.165, 1.54) is 13.2 Å². The van der Waals surface area contributed by atoms with Crippen LogP contribution in [0.25, 0.3) is 11.1 Å². The lowest BCUT2D eigenvalue weighted by atomic mass is 10.1. The fourth-order valence-electron chi connectivity index (χ4n) is 1.47. The van der Waals surface area contributed by atoms with Gasteiger partial charge in [0, 0.05) is 12.1 Å². The average Bonchev–Trinajstić information content (AvgIpc) is 2.34. The predicted octanol–water partition coefficient (Wildman–Crippen LogP) is 4.86. The summed E-state index contributed by atoms with van der Waals surface area (Å²) in [5.74, 6) is -0.473. The van der Waals surface area contributed by atoms with Crippen LogP contribution in [0.15, 0.2) is 24.3 Å². The molecule has 0 N–H and O–H groups in total. The van der Waals surface area contributed by atoms with Crippen molar-refractivity contribution in [2.75, 3.05) is 7.11 Å². The van der Waals surface area contributed by atoms with Crippen LogP contribution >= 0.6 is 34.8 Å². The number of aromatic nitrogens is 1. The number of benzene rings is 1. The Bertz CT molecular complexity index is 581. The standard InChI is InChI=1S/C12H7Cl3FNO/c1-18-11-5-7(4-10(16)17-11)6-2-8(13)12(15)9(14)3-6/h2-5H,1H3. The third-order valence-corrected chi connectivity index (χ3v) is 3.49. The minimum Gasteiger partial charge on any atom is -0.481 e. The van der Waals surface area contributed by atoms with E-state index < -0.39 is 5.95 Å². The highest BCUT2D eigenvalue weighted by Crippen LogP contribution is 2.35. The zero-order valence-electron chi connectivity index (χ0n) is 9.18. The largest absolute Gasteiger partial charge is 0.481 e. The van der Waals surface area contributed by atoms with Gasteiger partial charge in [0.15, 0.2) is 0 Å². The summed E-state index contributed by atoms with van der Waals surface area (Å²) in [7, 11) is 1.41. The molecule has 2 aromatic rings. The average molecular weight is 307 g/mol. The molecule has 0 aliphatic heterocycles. The van der Waals surface area contributed by atoms with E-state index >= 15 is 0 Å². The summed E-state index contributed by atoms with van der Waals surface area (Å²) in [6, 6.07) is 6.05. The zero-order valence-corrected chi connectivity index (χ0v) is 11.4. The molecule has 0 saturated carbocycles. The van der Waals surface area contributed by atoms with E-state index in [9.17, 15) is 4.39 Å². The maximum atomic E-state index is 13.3. The Hall–Kier alpha value is -1.03. The lowest BCUT2D eigenvalue weighted by Gasteiger charge is -2.07. The van der Waals surface area contributed by atoms with Crippen molar-refractivity contribution in [3.63, 3.8) is 0 Å². The Kier molecular flexibility index (Phi) is 3.95. The number of nitrogens with zero attached hydrogens (tertiary/aromatic N) is 1. The van der Waals surface area contributed by atoms with Gasteiger partial charge in [-0.15, -0.1) is 0 Å². The lowest BCUT2D eigenvalue weighted by molar-refractivity contribution is 0.388. The van der Waals surface area contributed by atoms with E-state index in [1.54, 1.807) is 18.2 Å². The predicted molar refractivity (Wildman–Crippen MR) is 71.2 cm³/mol. The van der Waals surface area contributed by atoms with Crippen LogP contribution in [0, 0.1) is 5.95 Å². The number of rotatable bonds is 2. The first-order chi connectivity index (χ1) is 8.51. The van der Waals surface area contributed by atoms with E-state index in [2.05, 4.69) is 4.98 Å². The van der Waals surface area contributed by atoms with Gasteiger partial charge in [0.1, 0.15) is 0 Å². The Morgan fingerprint density at radius 1 is 1.00 bits per heavy atom. The maximum absolute atomic E-state index is 13.3. The highest BCUT2D eigenvalue weighted by atomic mass is 35.5. The van der Waals surface area contributed by atoms with Crippen LogP contribution < -0.4 is 4.74 Å². The Morgan fingerprint density at radius 3 is 2.11 bits per heavy atom. The molecule has 94 valence electrons. The highest BCUT2D eigenvalue weighted by Gasteiger charge is 2.10. The van der Waals surface area contributed by atoms with Crippen molar-refractivity contribution in [1.82, 2.24) is 4.98 Å². The van der Waals surface area contributed by atoms with Gasteiger partial charge >= 0.3 is 0 Å². The highest BCUT2D eigenvalue weighted by molar-refractivity contribution is 6.48. The van der Waals surface area contributed by atoms with Crippen molar-refractivity contribution in [3.8, 4) is 17.0 Å². The molecule has 0 spiro atoms. The summed E-state index contributed by atoms with van der Waals surface area (Å²) < 4.78 is 18.2. The third-order valence-electron chi connectivity index (χ3n) is 2.30. The van der Waals surface area contributed by atoms with Crippen molar-refractivity contribution in [2.24, 2.45) is 0 Å². The van der Waals surface area contributed by atoms with Gasteiger partial charge in [-0.05, 0) is 23.3 Å². The van der Waals surface area contributed by atoms with Crippen molar-refractivity contribution in [3.05, 3.63) is 45.3 Å². The van der Waals surface area contributed by atoms with Crippen LogP contribution in [0.3, 0.4) is 0 Å². The molecular weight excluding hydrogens is 299 g/mol. The molecule has 0 aliphatic rings. The van der Waals surface area contributed by atoms with E-state index in [1.807, 2.05) is 0 Å². The minimum absolute atomic E-state index is 0.173. The molecule has 0 fully saturated rings. The summed E-state index contributed by atoms with van der Waals surface area (Å²) >= 11 is 17.7. The monoisotopic (exact) mass is 305 g/mol. The molecule has 1 aromatic heterocycles. The van der Waals surface area contributed by atoms with Gasteiger partial charge in [0.25, 0.3) is 0 Å². The first kappa shape index (κ1) is 13.4. The molecule has 2 rings (SSSR count). The summed E-state index contributed by atoms with van der Waals surface area (Å²) in [6.45, 7) is 0. The second-order valence-corrected chi connectivity index (χ2v) is 4.67. The number of halogens is 4. The minimum atomic E-state index is -0.647. The van der Waals surface area contributed by atoms with Crippen LogP contribution in [-0.2, 0) is 0 Å². The van der Waals surface area contributed by atoms with E-state index in [-0.39, 0.29) is 10.9 Å². The normalized spacial score (nSPS) is 10.5. The van der Waals surface area contributed by atoms with Crippen LogP contribution in [0.5, 0.6) is 5.88 Å². The van der Waals surface area contributed by atoms with Gasteiger partial charge in [0.2, 0.25) is 11.8 Å². The van der Waals surface area contributed by atoms with Crippen molar-refractivity contribution in [1.29, 1.82) is 0 Å². The molecule has 0 atom stereocenters. The topological polar surface area (TPSA) is 22.1 Å². The third kappa shape index (κ3) is 2.69. The second-order valence-electron chi connectivity index (χ2n) is 3.47.